The fourth-order valence-corrected chi connectivity index (χ4v) is 3.62. The Morgan fingerprint density at radius 1 is 0.800 bits per heavy atom. The summed E-state index contributed by atoms with van der Waals surface area (Å²) in [4.78, 5) is 8.29. The van der Waals surface area contributed by atoms with Crippen molar-refractivity contribution in [1.29, 1.82) is 0 Å². The highest BCUT2D eigenvalue weighted by Crippen LogP contribution is 2.40. The summed E-state index contributed by atoms with van der Waals surface area (Å²) >= 11 is 0. The Bertz CT molecular complexity index is 854. The topological polar surface area (TPSA) is 77.8 Å². The number of halogens is 4. The van der Waals surface area contributed by atoms with Crippen LogP contribution in [0.3, 0.4) is 0 Å². The summed E-state index contributed by atoms with van der Waals surface area (Å²) in [5, 5.41) is 0. The van der Waals surface area contributed by atoms with Crippen molar-refractivity contribution in [3.05, 3.63) is 54.1 Å². The van der Waals surface area contributed by atoms with Crippen LogP contribution < -0.4 is 11.5 Å². The number of rotatable bonds is 2. The van der Waals surface area contributed by atoms with Crippen molar-refractivity contribution in [2.75, 3.05) is 11.5 Å². The molecule has 4 nitrogen and oxygen atoms in total. The second-order valence-corrected chi connectivity index (χ2v) is 7.91. The zero-order valence-corrected chi connectivity index (χ0v) is 16.6. The number of pyridine rings is 2. The van der Waals surface area contributed by atoms with Crippen molar-refractivity contribution >= 4 is 16.9 Å². The summed E-state index contributed by atoms with van der Waals surface area (Å²) in [6.07, 6.45) is 5.79. The van der Waals surface area contributed by atoms with Crippen LogP contribution in [0.5, 0.6) is 0 Å². The number of nitrogen functional groups attached to an aromatic ring is 2. The number of anilines is 2. The molecule has 4 N–H and O–H groups in total. The number of nitrogens with two attached hydrogens (primary N) is 2. The Morgan fingerprint density at radius 2 is 1.43 bits per heavy atom. The van der Waals surface area contributed by atoms with Crippen molar-refractivity contribution in [2.24, 2.45) is 0 Å². The molecular weight excluding hydrogens is 396 g/mol. The molecule has 1 fully saturated rings. The van der Waals surface area contributed by atoms with Crippen LogP contribution in [-0.2, 0) is 0 Å². The van der Waals surface area contributed by atoms with Gasteiger partial charge in [-0.3, -0.25) is 9.97 Å². The molecule has 2 aliphatic rings. The van der Waals surface area contributed by atoms with E-state index in [2.05, 4.69) is 9.97 Å². The highest BCUT2D eigenvalue weighted by atomic mass is 19.3. The summed E-state index contributed by atoms with van der Waals surface area (Å²) < 4.78 is 51.6. The fraction of sp³-hybridized carbons (Fsp3) is 0.455. The van der Waals surface area contributed by atoms with Gasteiger partial charge in [-0.05, 0) is 49.1 Å². The maximum atomic E-state index is 12.9. The van der Waals surface area contributed by atoms with Crippen molar-refractivity contribution in [3.63, 3.8) is 0 Å². The van der Waals surface area contributed by atoms with Gasteiger partial charge in [-0.15, -0.1) is 0 Å². The minimum Gasteiger partial charge on any atom is -0.397 e. The van der Waals surface area contributed by atoms with E-state index in [0.717, 1.165) is 17.0 Å². The number of alkyl halides is 4. The molecule has 1 saturated carbocycles. The van der Waals surface area contributed by atoms with Crippen LogP contribution in [0.4, 0.5) is 28.9 Å². The molecule has 2 heterocycles. The standard InChI is InChI=1S/C11H14F2N2.C11H12F2N2/c2*12-11(13)5-3-8(4-6-11)10-2-1-9(14)7-15-10/h1-2,7-8H,3-6,14H2;1-3,7H,4-6,14H2. The van der Waals surface area contributed by atoms with Crippen LogP contribution in [0.25, 0.3) is 5.57 Å². The molecule has 0 atom stereocenters. The highest BCUT2D eigenvalue weighted by molar-refractivity contribution is 5.64. The molecule has 0 radical (unpaired) electrons. The van der Waals surface area contributed by atoms with Gasteiger partial charge in [0.25, 0.3) is 5.92 Å². The van der Waals surface area contributed by atoms with E-state index in [0.29, 0.717) is 30.6 Å². The number of aromatic nitrogens is 2. The predicted octanol–water partition coefficient (Wildman–Crippen LogP) is 5.82. The first kappa shape index (κ1) is 22.1. The lowest BCUT2D eigenvalue weighted by molar-refractivity contribution is -0.0384. The Labute approximate surface area is 173 Å². The van der Waals surface area contributed by atoms with E-state index < -0.39 is 11.8 Å². The average molecular weight is 422 g/mol. The zero-order valence-electron chi connectivity index (χ0n) is 16.6. The molecular formula is C22H26F4N4. The second-order valence-electron chi connectivity index (χ2n) is 7.91. The lowest BCUT2D eigenvalue weighted by atomic mass is 9.84. The molecule has 4 rings (SSSR count). The summed E-state index contributed by atoms with van der Waals surface area (Å²) in [5.41, 5.74) is 14.7. The minimum absolute atomic E-state index is 0.0241. The van der Waals surface area contributed by atoms with Gasteiger partial charge >= 0.3 is 0 Å². The number of hydrogen-bond donors (Lipinski definition) is 2. The summed E-state index contributed by atoms with van der Waals surface area (Å²) in [7, 11) is 0. The number of hydrogen-bond acceptors (Lipinski definition) is 4. The van der Waals surface area contributed by atoms with Crippen molar-refractivity contribution in [2.45, 2.75) is 62.7 Å². The molecule has 0 unspecified atom stereocenters. The van der Waals surface area contributed by atoms with Crippen LogP contribution in [0.2, 0.25) is 0 Å². The molecule has 2 aliphatic carbocycles. The average Bonchev–Trinajstić information content (AvgIpc) is 2.70. The highest BCUT2D eigenvalue weighted by Gasteiger charge is 2.35. The number of allylic oxidation sites excluding steroid dienone is 2. The van der Waals surface area contributed by atoms with E-state index in [4.69, 9.17) is 11.5 Å². The molecule has 0 amide bonds. The van der Waals surface area contributed by atoms with Gasteiger partial charge in [0, 0.05) is 37.3 Å². The van der Waals surface area contributed by atoms with Crippen molar-refractivity contribution < 1.29 is 17.6 Å². The lowest BCUT2D eigenvalue weighted by Gasteiger charge is -2.27. The van der Waals surface area contributed by atoms with Gasteiger partial charge < -0.3 is 11.5 Å². The van der Waals surface area contributed by atoms with Gasteiger partial charge in [0.05, 0.1) is 29.5 Å². The molecule has 30 heavy (non-hydrogen) atoms. The van der Waals surface area contributed by atoms with E-state index in [9.17, 15) is 17.6 Å². The van der Waals surface area contributed by atoms with Gasteiger partial charge in [0.2, 0.25) is 5.92 Å². The predicted molar refractivity (Wildman–Crippen MR) is 110 cm³/mol. The first-order valence-electron chi connectivity index (χ1n) is 10.0. The van der Waals surface area contributed by atoms with Crippen molar-refractivity contribution in [3.8, 4) is 0 Å². The summed E-state index contributed by atoms with van der Waals surface area (Å²) in [6, 6.07) is 7.11. The van der Waals surface area contributed by atoms with E-state index in [-0.39, 0.29) is 31.6 Å². The minimum atomic E-state index is -2.54. The van der Waals surface area contributed by atoms with E-state index in [1.165, 1.54) is 0 Å². The molecule has 0 spiro atoms. The maximum Gasteiger partial charge on any atom is 0.251 e. The summed E-state index contributed by atoms with van der Waals surface area (Å²) in [5.74, 6) is -4.84. The molecule has 162 valence electrons. The fourth-order valence-electron chi connectivity index (χ4n) is 3.62. The van der Waals surface area contributed by atoms with Gasteiger partial charge in [0.15, 0.2) is 0 Å². The third-order valence-corrected chi connectivity index (χ3v) is 5.47. The Kier molecular flexibility index (Phi) is 6.63. The Balaban J connectivity index is 0.000000171. The Hall–Kier alpha value is -2.64. The third-order valence-electron chi connectivity index (χ3n) is 5.47. The van der Waals surface area contributed by atoms with Crippen LogP contribution in [0, 0.1) is 0 Å². The van der Waals surface area contributed by atoms with E-state index in [1.54, 1.807) is 36.7 Å². The van der Waals surface area contributed by atoms with Crippen molar-refractivity contribution in [1.82, 2.24) is 9.97 Å². The van der Waals surface area contributed by atoms with Gasteiger partial charge in [-0.1, -0.05) is 6.08 Å². The second kappa shape index (κ2) is 9.02. The quantitative estimate of drug-likeness (QED) is 0.598. The largest absolute Gasteiger partial charge is 0.397 e. The molecule has 2 aromatic heterocycles. The summed E-state index contributed by atoms with van der Waals surface area (Å²) in [6.45, 7) is 0. The first-order valence-corrected chi connectivity index (χ1v) is 10.0. The maximum absolute atomic E-state index is 12.9. The van der Waals surface area contributed by atoms with Gasteiger partial charge in [-0.2, -0.15) is 0 Å². The molecule has 0 saturated heterocycles. The first-order chi connectivity index (χ1) is 14.1. The van der Waals surface area contributed by atoms with Gasteiger partial charge in [-0.25, -0.2) is 17.6 Å². The monoisotopic (exact) mass is 422 g/mol. The Morgan fingerprint density at radius 3 is 1.93 bits per heavy atom. The molecule has 2 aromatic rings. The van der Waals surface area contributed by atoms with E-state index in [1.807, 2.05) is 6.07 Å². The third kappa shape index (κ3) is 6.18. The number of nitrogens with zero attached hydrogens (tertiary/aromatic N) is 2. The molecule has 0 aliphatic heterocycles. The lowest BCUT2D eigenvalue weighted by Crippen LogP contribution is -2.24. The van der Waals surface area contributed by atoms with Crippen LogP contribution >= 0.6 is 0 Å². The SMILES string of the molecule is Nc1ccc(C2=CCC(F)(F)CC2)nc1.Nc1ccc(C2CCC(F)(F)CC2)nc1. The molecule has 0 aromatic carbocycles. The van der Waals surface area contributed by atoms with Crippen LogP contribution in [0.1, 0.15) is 62.3 Å². The van der Waals surface area contributed by atoms with Crippen LogP contribution in [0.15, 0.2) is 42.7 Å². The molecule has 0 bridgehead atoms. The normalized spacial score (nSPS) is 20.6. The smallest absolute Gasteiger partial charge is 0.251 e. The van der Waals surface area contributed by atoms with E-state index >= 15 is 0 Å². The van der Waals surface area contributed by atoms with Crippen LogP contribution in [-0.4, -0.2) is 21.8 Å². The zero-order chi connectivity index (χ0) is 21.8. The molecule has 8 heteroatoms. The van der Waals surface area contributed by atoms with Gasteiger partial charge in [0.1, 0.15) is 0 Å².